The molecule has 0 atom stereocenters. The lowest BCUT2D eigenvalue weighted by Crippen LogP contribution is -2.15. The first kappa shape index (κ1) is 17.0. The predicted octanol–water partition coefficient (Wildman–Crippen LogP) is 1.69. The fraction of sp³-hybridized carbons (Fsp3) is 0.267. The summed E-state index contributed by atoms with van der Waals surface area (Å²) >= 11 is 0. The molecule has 2 aromatic heterocycles. The molecule has 1 amide bonds. The first-order valence-corrected chi connectivity index (χ1v) is 9.38. The molecule has 0 saturated heterocycles. The zero-order chi connectivity index (χ0) is 18.0. The third kappa shape index (κ3) is 3.48. The number of aromatic amines is 2. The maximum atomic E-state index is 12.6. The van der Waals surface area contributed by atoms with Crippen LogP contribution in [0.2, 0.25) is 0 Å². The van der Waals surface area contributed by atoms with Crippen molar-refractivity contribution >= 4 is 38.7 Å². The highest BCUT2D eigenvalue weighted by atomic mass is 32.2. The quantitative estimate of drug-likeness (QED) is 0.525. The molecule has 0 aliphatic rings. The normalized spacial score (nSPS) is 11.7. The van der Waals surface area contributed by atoms with Crippen LogP contribution < -0.4 is 11.1 Å². The molecule has 132 valence electrons. The van der Waals surface area contributed by atoms with Crippen molar-refractivity contribution in [2.24, 2.45) is 0 Å². The number of unbranched alkanes of at least 4 members (excludes halogenated alkanes) is 1. The van der Waals surface area contributed by atoms with Gasteiger partial charge in [0.15, 0.2) is 15.8 Å². The first-order chi connectivity index (χ1) is 11.9. The summed E-state index contributed by atoms with van der Waals surface area (Å²) in [5, 5.41) is 2.57. The Balaban J connectivity index is 2.08. The standard InChI is InChI=1S/C15H18N6O3S/c1-2-3-6-25(23,24)9-7-10(12-11(8-9)19-14(16)20-12)13(22)21-15-17-4-5-18-15/h4-5,7-8H,2-3,6H2,1H3,(H3,16,19,20)(H2,17,18,21,22). The Morgan fingerprint density at radius 3 is 2.84 bits per heavy atom. The van der Waals surface area contributed by atoms with E-state index >= 15 is 0 Å². The van der Waals surface area contributed by atoms with E-state index in [9.17, 15) is 13.2 Å². The summed E-state index contributed by atoms with van der Waals surface area (Å²) in [6.07, 6.45) is 4.34. The number of sulfone groups is 1. The van der Waals surface area contributed by atoms with Crippen LogP contribution in [0.5, 0.6) is 0 Å². The molecule has 0 aliphatic heterocycles. The van der Waals surface area contributed by atoms with E-state index in [0.717, 1.165) is 6.42 Å². The zero-order valence-electron chi connectivity index (χ0n) is 13.5. The van der Waals surface area contributed by atoms with Gasteiger partial charge < -0.3 is 15.7 Å². The van der Waals surface area contributed by atoms with Crippen LogP contribution in [-0.4, -0.2) is 40.0 Å². The van der Waals surface area contributed by atoms with Crippen molar-refractivity contribution in [1.82, 2.24) is 19.9 Å². The number of amides is 1. The Bertz CT molecular complexity index is 1010. The molecule has 0 bridgehead atoms. The Morgan fingerprint density at radius 1 is 1.36 bits per heavy atom. The minimum Gasteiger partial charge on any atom is -0.369 e. The fourth-order valence-electron chi connectivity index (χ4n) is 2.42. The highest BCUT2D eigenvalue weighted by Crippen LogP contribution is 2.25. The largest absolute Gasteiger partial charge is 0.369 e. The van der Waals surface area contributed by atoms with E-state index in [1.54, 1.807) is 6.20 Å². The summed E-state index contributed by atoms with van der Waals surface area (Å²) in [5.74, 6) is -0.164. The van der Waals surface area contributed by atoms with Crippen LogP contribution in [0.4, 0.5) is 11.9 Å². The van der Waals surface area contributed by atoms with Crippen molar-refractivity contribution in [2.45, 2.75) is 24.7 Å². The topological polar surface area (TPSA) is 147 Å². The number of imidazole rings is 2. The summed E-state index contributed by atoms with van der Waals surface area (Å²) < 4.78 is 25.0. The third-order valence-corrected chi connectivity index (χ3v) is 5.46. The summed E-state index contributed by atoms with van der Waals surface area (Å²) in [6.45, 7) is 1.91. The molecule has 3 aromatic rings. The molecule has 1 aromatic carbocycles. The lowest BCUT2D eigenvalue weighted by Gasteiger charge is -2.08. The van der Waals surface area contributed by atoms with Gasteiger partial charge in [-0.3, -0.25) is 10.1 Å². The molecule has 3 rings (SSSR count). The molecule has 0 saturated carbocycles. The first-order valence-electron chi connectivity index (χ1n) is 7.73. The second kappa shape index (κ2) is 6.55. The molecule has 5 N–H and O–H groups in total. The second-order valence-electron chi connectivity index (χ2n) is 5.55. The summed E-state index contributed by atoms with van der Waals surface area (Å²) in [7, 11) is -3.51. The van der Waals surface area contributed by atoms with Gasteiger partial charge in [0.2, 0.25) is 5.95 Å². The third-order valence-electron chi connectivity index (χ3n) is 3.68. The van der Waals surface area contributed by atoms with Crippen LogP contribution in [0.3, 0.4) is 0 Å². The van der Waals surface area contributed by atoms with Gasteiger partial charge in [0.1, 0.15) is 5.52 Å². The van der Waals surface area contributed by atoms with Gasteiger partial charge in [0, 0.05) is 12.4 Å². The molecule has 0 fully saturated rings. The molecule has 0 unspecified atom stereocenters. The summed E-state index contributed by atoms with van der Waals surface area (Å²) in [4.78, 5) is 26.2. The second-order valence-corrected chi connectivity index (χ2v) is 7.66. The van der Waals surface area contributed by atoms with Crippen LogP contribution in [0, 0.1) is 0 Å². The van der Waals surface area contributed by atoms with Crippen molar-refractivity contribution in [3.63, 3.8) is 0 Å². The summed E-state index contributed by atoms with van der Waals surface area (Å²) in [6, 6.07) is 2.78. The number of nitrogens with two attached hydrogens (primary N) is 1. The van der Waals surface area contributed by atoms with E-state index in [1.807, 2.05) is 6.92 Å². The zero-order valence-corrected chi connectivity index (χ0v) is 14.4. The number of H-pyrrole nitrogens is 2. The number of carbonyl (C=O) groups is 1. The van der Waals surface area contributed by atoms with Gasteiger partial charge in [-0.1, -0.05) is 13.3 Å². The molecule has 2 heterocycles. The number of benzene rings is 1. The van der Waals surface area contributed by atoms with E-state index in [1.165, 1.54) is 18.3 Å². The number of fused-ring (bicyclic) bond motifs is 1. The van der Waals surface area contributed by atoms with Crippen molar-refractivity contribution in [3.8, 4) is 0 Å². The molecule has 9 nitrogen and oxygen atoms in total. The minimum absolute atomic E-state index is 0.0118. The number of nitrogens with zero attached hydrogens (tertiary/aromatic N) is 2. The van der Waals surface area contributed by atoms with Gasteiger partial charge in [0.05, 0.1) is 21.7 Å². The predicted molar refractivity (Wildman–Crippen MR) is 94.0 cm³/mol. The highest BCUT2D eigenvalue weighted by Gasteiger charge is 2.21. The van der Waals surface area contributed by atoms with Gasteiger partial charge in [-0.15, -0.1) is 0 Å². The molecule has 25 heavy (non-hydrogen) atoms. The molecular weight excluding hydrogens is 344 g/mol. The number of nitrogens with one attached hydrogen (secondary N) is 3. The smallest absolute Gasteiger partial charge is 0.260 e. The lowest BCUT2D eigenvalue weighted by atomic mass is 10.1. The molecule has 10 heteroatoms. The summed E-state index contributed by atoms with van der Waals surface area (Å²) in [5.41, 5.74) is 6.47. The number of carbonyl (C=O) groups excluding carboxylic acids is 1. The number of hydrogen-bond acceptors (Lipinski definition) is 6. The number of hydrogen-bond donors (Lipinski definition) is 4. The minimum atomic E-state index is -3.51. The van der Waals surface area contributed by atoms with E-state index in [0.29, 0.717) is 17.5 Å². The van der Waals surface area contributed by atoms with Gasteiger partial charge in [-0.2, -0.15) is 0 Å². The van der Waals surface area contributed by atoms with Gasteiger partial charge in [-0.25, -0.2) is 18.4 Å². The van der Waals surface area contributed by atoms with E-state index in [-0.39, 0.29) is 28.1 Å². The lowest BCUT2D eigenvalue weighted by molar-refractivity contribution is 0.102. The average Bonchev–Trinajstić information content (AvgIpc) is 3.20. The Hall–Kier alpha value is -2.88. The highest BCUT2D eigenvalue weighted by molar-refractivity contribution is 7.91. The van der Waals surface area contributed by atoms with Crippen LogP contribution in [0.1, 0.15) is 30.1 Å². The van der Waals surface area contributed by atoms with E-state index in [4.69, 9.17) is 5.73 Å². The molecule has 0 radical (unpaired) electrons. The van der Waals surface area contributed by atoms with Crippen LogP contribution >= 0.6 is 0 Å². The Morgan fingerprint density at radius 2 is 2.16 bits per heavy atom. The van der Waals surface area contributed by atoms with Crippen LogP contribution in [0.15, 0.2) is 29.4 Å². The van der Waals surface area contributed by atoms with Crippen molar-refractivity contribution in [2.75, 3.05) is 16.8 Å². The van der Waals surface area contributed by atoms with Crippen molar-refractivity contribution in [1.29, 1.82) is 0 Å². The van der Waals surface area contributed by atoms with Crippen LogP contribution in [0.25, 0.3) is 11.0 Å². The van der Waals surface area contributed by atoms with Gasteiger partial charge >= 0.3 is 0 Å². The number of rotatable bonds is 6. The van der Waals surface area contributed by atoms with Crippen molar-refractivity contribution < 1.29 is 13.2 Å². The average molecular weight is 362 g/mol. The Labute approximate surface area is 144 Å². The monoisotopic (exact) mass is 362 g/mol. The Kier molecular flexibility index (Phi) is 4.45. The van der Waals surface area contributed by atoms with Crippen molar-refractivity contribution in [3.05, 3.63) is 30.1 Å². The number of anilines is 2. The molecule has 0 spiro atoms. The maximum Gasteiger partial charge on any atom is 0.260 e. The van der Waals surface area contributed by atoms with E-state index in [2.05, 4.69) is 25.3 Å². The van der Waals surface area contributed by atoms with Gasteiger partial charge in [-0.05, 0) is 18.6 Å². The number of nitrogen functional groups attached to an aromatic ring is 1. The van der Waals surface area contributed by atoms with Gasteiger partial charge in [0.25, 0.3) is 5.91 Å². The number of aromatic nitrogens is 4. The fourth-order valence-corrected chi connectivity index (χ4v) is 3.92. The van der Waals surface area contributed by atoms with Crippen LogP contribution in [-0.2, 0) is 9.84 Å². The SMILES string of the molecule is CCCCS(=O)(=O)c1cc(C(=O)Nc2ncc[nH]2)c2nc(N)[nH]c2c1. The molecule has 0 aliphatic carbocycles. The maximum absolute atomic E-state index is 12.6. The molecular formula is C15H18N6O3S. The van der Waals surface area contributed by atoms with E-state index < -0.39 is 15.7 Å².